The number of carbonyl (C=O) groups excluding carboxylic acids is 1. The van der Waals surface area contributed by atoms with E-state index in [2.05, 4.69) is 20.9 Å². The van der Waals surface area contributed by atoms with E-state index in [0.717, 1.165) is 29.2 Å². The molecule has 0 radical (unpaired) electrons. The highest BCUT2D eigenvalue weighted by Gasteiger charge is 2.15. The Bertz CT molecular complexity index is 942. The molecule has 0 saturated carbocycles. The number of hydrogen-bond donors (Lipinski definition) is 3. The van der Waals surface area contributed by atoms with Gasteiger partial charge in [-0.15, -0.1) is 24.0 Å². The van der Waals surface area contributed by atoms with Crippen LogP contribution in [0.1, 0.15) is 32.8 Å². The van der Waals surface area contributed by atoms with Gasteiger partial charge in [0.1, 0.15) is 5.75 Å². The van der Waals surface area contributed by atoms with Gasteiger partial charge in [0.25, 0.3) is 0 Å². The lowest BCUT2D eigenvalue weighted by Crippen LogP contribution is -2.46. The molecule has 3 rings (SSSR count). The molecular weight excluding hydrogens is 535 g/mol. The number of rotatable bonds is 6. The van der Waals surface area contributed by atoms with Crippen molar-refractivity contribution in [3.8, 4) is 17.2 Å². The van der Waals surface area contributed by atoms with Gasteiger partial charge in [-0.2, -0.15) is 0 Å². The van der Waals surface area contributed by atoms with E-state index < -0.39 is 0 Å². The van der Waals surface area contributed by atoms with Gasteiger partial charge in [0.15, 0.2) is 17.5 Å². The minimum Gasteiger partial charge on any atom is -0.497 e. The zero-order valence-electron chi connectivity index (χ0n) is 19.6. The molecule has 1 amide bonds. The highest BCUT2D eigenvalue weighted by atomic mass is 127. The van der Waals surface area contributed by atoms with Crippen molar-refractivity contribution < 1.29 is 19.0 Å². The standard InChI is InChI=1S/C24H32N4O4.HI/c1-24(2,3)28-22(29)16-26-23(25-15-17-6-9-19(30-4)10-7-17)27-18-8-11-20-21(14-18)32-13-5-12-31-20;/h6-11,14H,5,12-13,15-16H2,1-4H3,(H,28,29)(H2,25,26,27);1H. The lowest BCUT2D eigenvalue weighted by atomic mass is 10.1. The molecule has 33 heavy (non-hydrogen) atoms. The normalized spacial score (nSPS) is 13.3. The van der Waals surface area contributed by atoms with Crippen LogP contribution in [0, 0.1) is 0 Å². The number of nitrogens with zero attached hydrogens (tertiary/aromatic N) is 1. The van der Waals surface area contributed by atoms with Crippen molar-refractivity contribution in [1.82, 2.24) is 10.6 Å². The second-order valence-corrected chi connectivity index (χ2v) is 8.50. The highest BCUT2D eigenvalue weighted by molar-refractivity contribution is 14.0. The zero-order chi connectivity index (χ0) is 23.0. The third-order valence-corrected chi connectivity index (χ3v) is 4.52. The van der Waals surface area contributed by atoms with Crippen LogP contribution in [0.15, 0.2) is 47.5 Å². The molecule has 180 valence electrons. The number of anilines is 1. The first kappa shape index (κ1) is 26.6. The maximum absolute atomic E-state index is 12.3. The summed E-state index contributed by atoms with van der Waals surface area (Å²) in [5.41, 5.74) is 1.50. The Morgan fingerprint density at radius 1 is 1.06 bits per heavy atom. The van der Waals surface area contributed by atoms with Gasteiger partial charge >= 0.3 is 0 Å². The van der Waals surface area contributed by atoms with Crippen molar-refractivity contribution in [3.05, 3.63) is 48.0 Å². The van der Waals surface area contributed by atoms with Gasteiger partial charge in [0, 0.05) is 23.7 Å². The largest absolute Gasteiger partial charge is 0.497 e. The van der Waals surface area contributed by atoms with Gasteiger partial charge in [0.2, 0.25) is 5.91 Å². The summed E-state index contributed by atoms with van der Waals surface area (Å²) in [6, 6.07) is 13.3. The number of halogens is 1. The molecule has 8 nitrogen and oxygen atoms in total. The van der Waals surface area contributed by atoms with Gasteiger partial charge in [0.05, 0.1) is 33.4 Å². The number of methoxy groups -OCH3 is 1. The molecule has 0 spiro atoms. The van der Waals surface area contributed by atoms with Crippen LogP contribution >= 0.6 is 24.0 Å². The molecule has 0 unspecified atom stereocenters. The lowest BCUT2D eigenvalue weighted by Gasteiger charge is -2.21. The fourth-order valence-corrected chi connectivity index (χ4v) is 3.05. The van der Waals surface area contributed by atoms with Crippen LogP contribution in [0.2, 0.25) is 0 Å². The number of carbonyl (C=O) groups is 1. The Hall–Kier alpha value is -2.69. The van der Waals surface area contributed by atoms with Gasteiger partial charge in [-0.1, -0.05) is 12.1 Å². The van der Waals surface area contributed by atoms with Crippen molar-refractivity contribution in [2.75, 3.05) is 32.2 Å². The van der Waals surface area contributed by atoms with Crippen molar-refractivity contribution in [2.45, 2.75) is 39.3 Å². The molecule has 9 heteroatoms. The number of benzene rings is 2. The van der Waals surface area contributed by atoms with Crippen LogP contribution in [0.4, 0.5) is 5.69 Å². The number of aliphatic imine (C=N–C) groups is 1. The first-order valence-electron chi connectivity index (χ1n) is 10.7. The summed E-state index contributed by atoms with van der Waals surface area (Å²) in [6.45, 7) is 7.61. The zero-order valence-corrected chi connectivity index (χ0v) is 21.9. The Kier molecular flexibility index (Phi) is 10.1. The first-order chi connectivity index (χ1) is 15.3. The molecule has 0 bridgehead atoms. The van der Waals surface area contributed by atoms with E-state index in [1.165, 1.54) is 0 Å². The average Bonchev–Trinajstić information content (AvgIpc) is 3.00. The Morgan fingerprint density at radius 2 is 1.76 bits per heavy atom. The average molecular weight is 568 g/mol. The van der Waals surface area contributed by atoms with E-state index in [-0.39, 0.29) is 42.0 Å². The quantitative estimate of drug-likeness (QED) is 0.278. The molecule has 1 aliphatic heterocycles. The van der Waals surface area contributed by atoms with Crippen molar-refractivity contribution in [3.63, 3.8) is 0 Å². The van der Waals surface area contributed by atoms with Crippen LogP contribution in [0.3, 0.4) is 0 Å². The first-order valence-corrected chi connectivity index (χ1v) is 10.7. The molecule has 0 saturated heterocycles. The predicted molar refractivity (Wildman–Crippen MR) is 141 cm³/mol. The van der Waals surface area contributed by atoms with Crippen LogP contribution in [0.25, 0.3) is 0 Å². The van der Waals surface area contributed by atoms with Gasteiger partial charge in [-0.3, -0.25) is 4.79 Å². The molecule has 0 fully saturated rings. The van der Waals surface area contributed by atoms with E-state index in [9.17, 15) is 4.79 Å². The van der Waals surface area contributed by atoms with E-state index >= 15 is 0 Å². The Labute approximate surface area is 212 Å². The van der Waals surface area contributed by atoms with E-state index in [0.29, 0.717) is 31.5 Å². The van der Waals surface area contributed by atoms with E-state index in [1.807, 2.05) is 63.2 Å². The number of guanidine groups is 1. The van der Waals surface area contributed by atoms with Crippen molar-refractivity contribution in [2.24, 2.45) is 4.99 Å². The molecule has 0 aromatic heterocycles. The second kappa shape index (κ2) is 12.5. The maximum Gasteiger partial charge on any atom is 0.239 e. The smallest absolute Gasteiger partial charge is 0.239 e. The van der Waals surface area contributed by atoms with E-state index in [4.69, 9.17) is 14.2 Å². The fraction of sp³-hybridized carbons (Fsp3) is 0.417. The molecule has 2 aromatic carbocycles. The second-order valence-electron chi connectivity index (χ2n) is 8.50. The molecule has 1 heterocycles. The van der Waals surface area contributed by atoms with Crippen LogP contribution < -0.4 is 30.2 Å². The Morgan fingerprint density at radius 3 is 2.42 bits per heavy atom. The fourth-order valence-electron chi connectivity index (χ4n) is 3.05. The SMILES string of the molecule is COc1ccc(CN=C(NCC(=O)NC(C)(C)C)Nc2ccc3c(c2)OCCCO3)cc1.I. The number of amides is 1. The molecule has 3 N–H and O–H groups in total. The number of fused-ring (bicyclic) bond motifs is 1. The monoisotopic (exact) mass is 568 g/mol. The molecule has 0 atom stereocenters. The maximum atomic E-state index is 12.3. The highest BCUT2D eigenvalue weighted by Crippen LogP contribution is 2.32. The molecule has 2 aromatic rings. The Balaban J connectivity index is 0.00000385. The summed E-state index contributed by atoms with van der Waals surface area (Å²) in [5.74, 6) is 2.57. The van der Waals surface area contributed by atoms with Crippen molar-refractivity contribution in [1.29, 1.82) is 0 Å². The topological polar surface area (TPSA) is 93.2 Å². The third kappa shape index (κ3) is 8.99. The summed E-state index contributed by atoms with van der Waals surface area (Å²) < 4.78 is 16.7. The minimum atomic E-state index is -0.305. The van der Waals surface area contributed by atoms with Gasteiger partial charge < -0.3 is 30.2 Å². The third-order valence-electron chi connectivity index (χ3n) is 4.52. The number of hydrogen-bond acceptors (Lipinski definition) is 5. The predicted octanol–water partition coefficient (Wildman–Crippen LogP) is 3.95. The molecule has 1 aliphatic rings. The summed E-state index contributed by atoms with van der Waals surface area (Å²) in [4.78, 5) is 16.9. The lowest BCUT2D eigenvalue weighted by molar-refractivity contribution is -0.121. The van der Waals surface area contributed by atoms with Crippen LogP contribution in [0.5, 0.6) is 17.2 Å². The number of nitrogens with one attached hydrogen (secondary N) is 3. The molecular formula is C24H33IN4O4. The molecule has 0 aliphatic carbocycles. The van der Waals surface area contributed by atoms with Crippen LogP contribution in [-0.4, -0.2) is 44.3 Å². The summed E-state index contributed by atoms with van der Waals surface area (Å²) >= 11 is 0. The summed E-state index contributed by atoms with van der Waals surface area (Å²) in [7, 11) is 1.64. The van der Waals surface area contributed by atoms with Gasteiger partial charge in [-0.05, 0) is 50.6 Å². The minimum absolute atomic E-state index is 0. The van der Waals surface area contributed by atoms with Crippen molar-refractivity contribution >= 4 is 41.5 Å². The number of ether oxygens (including phenoxy) is 3. The van der Waals surface area contributed by atoms with Gasteiger partial charge in [-0.25, -0.2) is 4.99 Å². The summed E-state index contributed by atoms with van der Waals surface area (Å²) in [6.07, 6.45) is 0.844. The van der Waals surface area contributed by atoms with Crippen LogP contribution in [-0.2, 0) is 11.3 Å². The summed E-state index contributed by atoms with van der Waals surface area (Å²) in [5, 5.41) is 9.30. The van der Waals surface area contributed by atoms with E-state index in [1.54, 1.807) is 7.11 Å².